The highest BCUT2D eigenvalue weighted by Gasteiger charge is 2.38. The van der Waals surface area contributed by atoms with Crippen LogP contribution in [0.1, 0.15) is 49.1 Å². The van der Waals surface area contributed by atoms with Crippen molar-refractivity contribution in [3.63, 3.8) is 0 Å². The van der Waals surface area contributed by atoms with Crippen molar-refractivity contribution < 1.29 is 19.2 Å². The summed E-state index contributed by atoms with van der Waals surface area (Å²) < 4.78 is 5.48. The van der Waals surface area contributed by atoms with Crippen LogP contribution >= 0.6 is 0 Å². The largest absolute Gasteiger partial charge is 0.494 e. The average Bonchev–Trinajstić information content (AvgIpc) is 2.73. The Morgan fingerprint density at radius 1 is 1.00 bits per heavy atom. The fourth-order valence-electron chi connectivity index (χ4n) is 4.31. The lowest BCUT2D eigenvalue weighted by Crippen LogP contribution is -2.38. The SMILES string of the molecule is CCOc1ccc(C2CC(=O)C3=C(C2)NC(=O)CC3c2ccc([N+](=O)[O-])cc2)cc1. The quantitative estimate of drug-likeness (QED) is 0.598. The predicted octanol–water partition coefficient (Wildman–Crippen LogP) is 4.00. The third-order valence-corrected chi connectivity index (χ3v) is 5.70. The van der Waals surface area contributed by atoms with E-state index in [-0.39, 0.29) is 35.6 Å². The van der Waals surface area contributed by atoms with Crippen molar-refractivity contribution in [1.82, 2.24) is 5.32 Å². The van der Waals surface area contributed by atoms with E-state index in [1.807, 2.05) is 31.2 Å². The molecule has 1 aliphatic heterocycles. The maximum atomic E-state index is 13.1. The van der Waals surface area contributed by atoms with Crippen LogP contribution in [0, 0.1) is 10.1 Å². The molecule has 1 N–H and O–H groups in total. The van der Waals surface area contributed by atoms with Crippen molar-refractivity contribution in [2.24, 2.45) is 0 Å². The predicted molar refractivity (Wildman–Crippen MR) is 110 cm³/mol. The van der Waals surface area contributed by atoms with Crippen LogP contribution in [-0.2, 0) is 9.59 Å². The molecular formula is C23H22N2O5. The van der Waals surface area contributed by atoms with Gasteiger partial charge in [0, 0.05) is 42.2 Å². The molecule has 7 nitrogen and oxygen atoms in total. The van der Waals surface area contributed by atoms with E-state index in [1.54, 1.807) is 12.1 Å². The van der Waals surface area contributed by atoms with Gasteiger partial charge in [0.1, 0.15) is 5.75 Å². The van der Waals surface area contributed by atoms with Gasteiger partial charge in [-0.3, -0.25) is 19.7 Å². The minimum absolute atomic E-state index is 0.0113. The van der Waals surface area contributed by atoms with Crippen LogP contribution in [0.3, 0.4) is 0 Å². The first-order valence-corrected chi connectivity index (χ1v) is 9.99. The van der Waals surface area contributed by atoms with Crippen LogP contribution < -0.4 is 10.1 Å². The van der Waals surface area contributed by atoms with Crippen LogP contribution in [0.15, 0.2) is 59.8 Å². The molecule has 2 unspecified atom stereocenters. The number of hydrogen-bond acceptors (Lipinski definition) is 5. The number of nitro groups is 1. The summed E-state index contributed by atoms with van der Waals surface area (Å²) in [5, 5.41) is 13.8. The van der Waals surface area contributed by atoms with Crippen LogP contribution in [-0.4, -0.2) is 23.2 Å². The number of carbonyl (C=O) groups is 2. The number of allylic oxidation sites excluding steroid dienone is 2. The molecule has 1 heterocycles. The topological polar surface area (TPSA) is 98.5 Å². The zero-order chi connectivity index (χ0) is 21.3. The summed E-state index contributed by atoms with van der Waals surface area (Å²) in [5.41, 5.74) is 3.06. The van der Waals surface area contributed by atoms with Crippen molar-refractivity contribution in [3.8, 4) is 5.75 Å². The molecule has 0 saturated carbocycles. The number of Topliss-reactive ketones (excluding diaryl/α,β-unsaturated/α-hetero) is 1. The van der Waals surface area contributed by atoms with Gasteiger partial charge in [-0.15, -0.1) is 0 Å². The van der Waals surface area contributed by atoms with E-state index in [2.05, 4.69) is 5.32 Å². The van der Waals surface area contributed by atoms with Crippen LogP contribution in [0.4, 0.5) is 5.69 Å². The molecule has 2 aromatic carbocycles. The van der Waals surface area contributed by atoms with Gasteiger partial charge < -0.3 is 10.1 Å². The molecule has 30 heavy (non-hydrogen) atoms. The lowest BCUT2D eigenvalue weighted by atomic mass is 9.73. The van der Waals surface area contributed by atoms with Gasteiger partial charge in [-0.2, -0.15) is 0 Å². The number of nitro benzene ring substituents is 1. The highest BCUT2D eigenvalue weighted by Crippen LogP contribution is 2.42. The minimum Gasteiger partial charge on any atom is -0.494 e. The number of amides is 1. The molecule has 1 aliphatic carbocycles. The maximum absolute atomic E-state index is 13.1. The van der Waals surface area contributed by atoms with Gasteiger partial charge in [-0.1, -0.05) is 24.3 Å². The first kappa shape index (κ1) is 19.8. The van der Waals surface area contributed by atoms with Crippen LogP contribution in [0.25, 0.3) is 0 Å². The molecule has 4 rings (SSSR count). The van der Waals surface area contributed by atoms with Gasteiger partial charge >= 0.3 is 0 Å². The molecule has 2 aliphatic rings. The third kappa shape index (κ3) is 3.83. The summed E-state index contributed by atoms with van der Waals surface area (Å²) in [6, 6.07) is 13.8. The van der Waals surface area contributed by atoms with E-state index in [9.17, 15) is 19.7 Å². The fraction of sp³-hybridized carbons (Fsp3) is 0.304. The summed E-state index contributed by atoms with van der Waals surface area (Å²) in [4.78, 5) is 35.9. The van der Waals surface area contributed by atoms with Gasteiger partial charge in [0.2, 0.25) is 5.91 Å². The zero-order valence-electron chi connectivity index (χ0n) is 16.6. The first-order chi connectivity index (χ1) is 14.5. The molecule has 0 saturated heterocycles. The second-order valence-electron chi connectivity index (χ2n) is 7.58. The van der Waals surface area contributed by atoms with Gasteiger partial charge in [0.25, 0.3) is 5.69 Å². The normalized spacial score (nSPS) is 21.1. The standard InChI is InChI=1S/C23H22N2O5/c1-2-30-18-9-5-14(6-10-18)16-11-20-23(21(26)12-16)19(13-22(27)24-20)15-3-7-17(8-4-15)25(28)29/h3-10,16,19H,2,11-13H2,1H3,(H,24,27). The Morgan fingerprint density at radius 3 is 2.30 bits per heavy atom. The molecule has 0 radical (unpaired) electrons. The number of carbonyl (C=O) groups excluding carboxylic acids is 2. The molecular weight excluding hydrogens is 384 g/mol. The summed E-state index contributed by atoms with van der Waals surface area (Å²) in [7, 11) is 0. The molecule has 0 fully saturated rings. The van der Waals surface area contributed by atoms with Crippen molar-refractivity contribution in [3.05, 3.63) is 81.0 Å². The summed E-state index contributed by atoms with van der Waals surface area (Å²) in [6.07, 6.45) is 1.10. The highest BCUT2D eigenvalue weighted by atomic mass is 16.6. The maximum Gasteiger partial charge on any atom is 0.269 e. The molecule has 2 aromatic rings. The zero-order valence-corrected chi connectivity index (χ0v) is 16.6. The van der Waals surface area contributed by atoms with Crippen molar-refractivity contribution in [1.29, 1.82) is 0 Å². The summed E-state index contributed by atoms with van der Waals surface area (Å²) in [5.74, 6) is 0.273. The second-order valence-corrected chi connectivity index (χ2v) is 7.58. The molecule has 1 amide bonds. The number of benzene rings is 2. The smallest absolute Gasteiger partial charge is 0.269 e. The molecule has 154 valence electrons. The molecule has 0 spiro atoms. The molecule has 0 aromatic heterocycles. The lowest BCUT2D eigenvalue weighted by molar-refractivity contribution is -0.384. The number of ketones is 1. The van der Waals surface area contributed by atoms with Gasteiger partial charge in [-0.25, -0.2) is 0 Å². The van der Waals surface area contributed by atoms with Gasteiger partial charge in [0.15, 0.2) is 5.78 Å². The monoisotopic (exact) mass is 406 g/mol. The third-order valence-electron chi connectivity index (χ3n) is 5.70. The van der Waals surface area contributed by atoms with Crippen LogP contribution in [0.2, 0.25) is 0 Å². The highest BCUT2D eigenvalue weighted by molar-refractivity contribution is 6.02. The Balaban J connectivity index is 1.63. The Kier molecular flexibility index (Phi) is 5.35. The van der Waals surface area contributed by atoms with Gasteiger partial charge in [-0.05, 0) is 42.5 Å². The molecule has 0 bridgehead atoms. The van der Waals surface area contributed by atoms with Gasteiger partial charge in [0.05, 0.1) is 11.5 Å². The van der Waals surface area contributed by atoms with E-state index in [4.69, 9.17) is 4.74 Å². The van der Waals surface area contributed by atoms with Crippen LogP contribution in [0.5, 0.6) is 5.75 Å². The summed E-state index contributed by atoms with van der Waals surface area (Å²) >= 11 is 0. The van der Waals surface area contributed by atoms with E-state index >= 15 is 0 Å². The fourth-order valence-corrected chi connectivity index (χ4v) is 4.31. The minimum atomic E-state index is -0.463. The molecule has 2 atom stereocenters. The number of hydrogen-bond donors (Lipinski definition) is 1. The number of nitrogens with one attached hydrogen (secondary N) is 1. The Labute approximate surface area is 173 Å². The lowest BCUT2D eigenvalue weighted by Gasteiger charge is -2.34. The van der Waals surface area contributed by atoms with Crippen molar-refractivity contribution in [2.75, 3.05) is 6.61 Å². The Bertz CT molecular complexity index is 1020. The van der Waals surface area contributed by atoms with Crippen molar-refractivity contribution in [2.45, 2.75) is 38.0 Å². The number of nitrogens with zero attached hydrogens (tertiary/aromatic N) is 1. The number of ether oxygens (including phenoxy) is 1. The average molecular weight is 406 g/mol. The van der Waals surface area contributed by atoms with E-state index in [1.165, 1.54) is 12.1 Å². The second kappa shape index (κ2) is 8.10. The van der Waals surface area contributed by atoms with E-state index in [0.29, 0.717) is 30.7 Å². The Hall–Kier alpha value is -3.48. The molecule has 7 heteroatoms. The van der Waals surface area contributed by atoms with Crippen molar-refractivity contribution >= 4 is 17.4 Å². The Morgan fingerprint density at radius 2 is 1.67 bits per heavy atom. The number of non-ortho nitro benzene ring substituents is 1. The first-order valence-electron chi connectivity index (χ1n) is 9.99. The number of rotatable bonds is 5. The van der Waals surface area contributed by atoms with E-state index in [0.717, 1.165) is 16.9 Å². The summed E-state index contributed by atoms with van der Waals surface area (Å²) in [6.45, 7) is 2.52. The van der Waals surface area contributed by atoms with E-state index < -0.39 is 4.92 Å².